The van der Waals surface area contributed by atoms with E-state index in [4.69, 9.17) is 28.9 Å². The van der Waals surface area contributed by atoms with Crippen LogP contribution in [0.4, 0.5) is 0 Å². The second-order valence-electron chi connectivity index (χ2n) is 5.98. The number of fused-ring (bicyclic) bond motifs is 1. The zero-order chi connectivity index (χ0) is 19.2. The predicted octanol–water partition coefficient (Wildman–Crippen LogP) is 4.35. The molecule has 136 valence electrons. The van der Waals surface area contributed by atoms with E-state index in [1.807, 2.05) is 13.0 Å². The molecule has 1 amide bonds. The van der Waals surface area contributed by atoms with Crippen LogP contribution in [0.15, 0.2) is 23.0 Å². The number of aromatic nitrogens is 2. The van der Waals surface area contributed by atoms with Crippen molar-refractivity contribution >= 4 is 50.7 Å². The Morgan fingerprint density at radius 3 is 2.62 bits per heavy atom. The number of hydrogen-bond acceptors (Lipinski definition) is 4. The van der Waals surface area contributed by atoms with Crippen molar-refractivity contribution in [3.8, 4) is 11.1 Å². The summed E-state index contributed by atoms with van der Waals surface area (Å²) >= 11 is 13.7. The maximum atomic E-state index is 13.2. The summed E-state index contributed by atoms with van der Waals surface area (Å²) in [5, 5.41) is 1.34. The van der Waals surface area contributed by atoms with Gasteiger partial charge in [-0.3, -0.25) is 14.2 Å². The topological polar surface area (TPSA) is 78.0 Å². The molecule has 3 aromatic rings. The van der Waals surface area contributed by atoms with Gasteiger partial charge in [0.05, 0.1) is 15.4 Å². The molecule has 2 heterocycles. The lowest BCUT2D eigenvalue weighted by Gasteiger charge is -2.14. The number of aryl methyl sites for hydroxylation is 2. The summed E-state index contributed by atoms with van der Waals surface area (Å²) in [6.07, 6.45) is 0.737. The number of rotatable bonds is 4. The number of nitrogens with two attached hydrogens (primary N) is 1. The normalized spacial score (nSPS) is 12.5. The summed E-state index contributed by atoms with van der Waals surface area (Å²) in [5.74, 6) is -0.128. The summed E-state index contributed by atoms with van der Waals surface area (Å²) in [5.41, 5.74) is 6.71. The third kappa shape index (κ3) is 3.02. The number of amides is 1. The minimum atomic E-state index is -0.786. The third-order valence-corrected chi connectivity index (χ3v) is 6.30. The molecule has 26 heavy (non-hydrogen) atoms. The van der Waals surface area contributed by atoms with Crippen molar-refractivity contribution in [2.75, 3.05) is 0 Å². The van der Waals surface area contributed by atoms with Gasteiger partial charge in [-0.25, -0.2) is 4.98 Å². The van der Waals surface area contributed by atoms with E-state index in [0.29, 0.717) is 26.1 Å². The molecular formula is C18H17Cl2N3O2S. The predicted molar refractivity (Wildman–Crippen MR) is 107 cm³/mol. The fourth-order valence-electron chi connectivity index (χ4n) is 3.00. The molecule has 0 saturated carbocycles. The molecule has 0 fully saturated rings. The SMILES string of the molecule is CCc1sc2nc(C)n(C(C)C(N)=O)c(=O)c2c1-c1ccc(Cl)c(Cl)c1. The van der Waals surface area contributed by atoms with E-state index in [1.165, 1.54) is 15.9 Å². The molecule has 2 aromatic heterocycles. The molecule has 2 N–H and O–H groups in total. The van der Waals surface area contributed by atoms with E-state index >= 15 is 0 Å². The minimum absolute atomic E-state index is 0.282. The van der Waals surface area contributed by atoms with Crippen molar-refractivity contribution in [3.05, 3.63) is 49.3 Å². The standard InChI is InChI=1S/C18H17Cl2N3O2S/c1-4-13-14(10-5-6-11(19)12(20)7-10)15-17(26-13)22-9(3)23(18(15)25)8(2)16(21)24/h5-8H,4H2,1-3H3,(H2,21,24). The van der Waals surface area contributed by atoms with Crippen LogP contribution < -0.4 is 11.3 Å². The van der Waals surface area contributed by atoms with Gasteiger partial charge in [0.25, 0.3) is 5.56 Å². The van der Waals surface area contributed by atoms with Crippen molar-refractivity contribution in [2.24, 2.45) is 5.73 Å². The van der Waals surface area contributed by atoms with E-state index in [0.717, 1.165) is 22.4 Å². The Morgan fingerprint density at radius 2 is 2.04 bits per heavy atom. The van der Waals surface area contributed by atoms with Crippen molar-refractivity contribution in [1.29, 1.82) is 0 Å². The highest BCUT2D eigenvalue weighted by molar-refractivity contribution is 7.19. The van der Waals surface area contributed by atoms with Crippen molar-refractivity contribution in [2.45, 2.75) is 33.2 Å². The number of carbonyl (C=O) groups is 1. The van der Waals surface area contributed by atoms with E-state index in [9.17, 15) is 9.59 Å². The Kier molecular flexibility index (Phi) is 5.10. The number of hydrogen-bond donors (Lipinski definition) is 1. The second-order valence-corrected chi connectivity index (χ2v) is 7.87. The van der Waals surface area contributed by atoms with Crippen LogP contribution in [-0.4, -0.2) is 15.5 Å². The zero-order valence-corrected chi connectivity index (χ0v) is 16.8. The molecular weight excluding hydrogens is 393 g/mol. The lowest BCUT2D eigenvalue weighted by atomic mass is 10.0. The van der Waals surface area contributed by atoms with E-state index in [1.54, 1.807) is 26.0 Å². The lowest BCUT2D eigenvalue weighted by Crippen LogP contribution is -2.34. The molecule has 0 bridgehead atoms. The van der Waals surface area contributed by atoms with Crippen molar-refractivity contribution < 1.29 is 4.79 Å². The first-order valence-electron chi connectivity index (χ1n) is 8.05. The molecule has 0 aliphatic carbocycles. The van der Waals surface area contributed by atoms with Crippen molar-refractivity contribution in [1.82, 2.24) is 9.55 Å². The maximum absolute atomic E-state index is 13.2. The Balaban J connectivity index is 2.42. The highest BCUT2D eigenvalue weighted by Crippen LogP contribution is 2.39. The van der Waals surface area contributed by atoms with E-state index < -0.39 is 11.9 Å². The van der Waals surface area contributed by atoms with Gasteiger partial charge in [-0.15, -0.1) is 11.3 Å². The van der Waals surface area contributed by atoms with Crippen LogP contribution >= 0.6 is 34.5 Å². The number of primary amides is 1. The summed E-state index contributed by atoms with van der Waals surface area (Å²) in [6, 6.07) is 4.49. The summed E-state index contributed by atoms with van der Waals surface area (Å²) in [6.45, 7) is 5.31. The fraction of sp³-hybridized carbons (Fsp3) is 0.278. The molecule has 0 aliphatic rings. The molecule has 1 unspecified atom stereocenters. The van der Waals surface area contributed by atoms with Gasteiger partial charge in [0.2, 0.25) is 5.91 Å². The Morgan fingerprint density at radius 1 is 1.35 bits per heavy atom. The van der Waals surface area contributed by atoms with Gasteiger partial charge in [-0.2, -0.15) is 0 Å². The molecule has 1 aromatic carbocycles. The van der Waals surface area contributed by atoms with Crippen LogP contribution in [0.1, 0.15) is 30.6 Å². The van der Waals surface area contributed by atoms with Crippen LogP contribution in [-0.2, 0) is 11.2 Å². The van der Waals surface area contributed by atoms with Crippen LogP contribution in [0.25, 0.3) is 21.3 Å². The first-order valence-corrected chi connectivity index (χ1v) is 9.62. The third-order valence-electron chi connectivity index (χ3n) is 4.34. The molecule has 1 atom stereocenters. The molecule has 5 nitrogen and oxygen atoms in total. The van der Waals surface area contributed by atoms with E-state index in [2.05, 4.69) is 4.98 Å². The summed E-state index contributed by atoms with van der Waals surface area (Å²) in [7, 11) is 0. The quantitative estimate of drug-likeness (QED) is 0.695. The largest absolute Gasteiger partial charge is 0.368 e. The summed E-state index contributed by atoms with van der Waals surface area (Å²) in [4.78, 5) is 31.1. The van der Waals surface area contributed by atoms with Gasteiger partial charge in [-0.1, -0.05) is 36.2 Å². The Bertz CT molecular complexity index is 1090. The Labute approximate surface area is 164 Å². The first kappa shape index (κ1) is 18.9. The highest BCUT2D eigenvalue weighted by Gasteiger charge is 2.23. The van der Waals surface area contributed by atoms with E-state index in [-0.39, 0.29) is 5.56 Å². The van der Waals surface area contributed by atoms with Gasteiger partial charge in [0, 0.05) is 10.4 Å². The highest BCUT2D eigenvalue weighted by atomic mass is 35.5. The van der Waals surface area contributed by atoms with Gasteiger partial charge in [-0.05, 0) is 38.0 Å². The fourth-order valence-corrected chi connectivity index (χ4v) is 4.47. The van der Waals surface area contributed by atoms with Gasteiger partial charge < -0.3 is 5.73 Å². The lowest BCUT2D eigenvalue weighted by molar-refractivity contribution is -0.120. The zero-order valence-electron chi connectivity index (χ0n) is 14.5. The summed E-state index contributed by atoms with van der Waals surface area (Å²) < 4.78 is 1.35. The molecule has 0 radical (unpaired) electrons. The van der Waals surface area contributed by atoms with Gasteiger partial charge in [0.15, 0.2) is 0 Å². The van der Waals surface area contributed by atoms with Crippen molar-refractivity contribution in [3.63, 3.8) is 0 Å². The average Bonchev–Trinajstić information content (AvgIpc) is 2.95. The molecule has 0 aliphatic heterocycles. The molecule has 3 rings (SSSR count). The van der Waals surface area contributed by atoms with Gasteiger partial charge >= 0.3 is 0 Å². The average molecular weight is 410 g/mol. The molecule has 0 spiro atoms. The maximum Gasteiger partial charge on any atom is 0.263 e. The number of benzene rings is 1. The van der Waals surface area contributed by atoms with Crippen LogP contribution in [0, 0.1) is 6.92 Å². The number of thiophene rings is 1. The monoisotopic (exact) mass is 409 g/mol. The van der Waals surface area contributed by atoms with Crippen LogP contribution in [0.5, 0.6) is 0 Å². The minimum Gasteiger partial charge on any atom is -0.368 e. The van der Waals surface area contributed by atoms with Crippen LogP contribution in [0.2, 0.25) is 10.0 Å². The molecule has 0 saturated heterocycles. The van der Waals surface area contributed by atoms with Crippen LogP contribution in [0.3, 0.4) is 0 Å². The number of nitrogens with zero attached hydrogens (tertiary/aromatic N) is 2. The number of carbonyl (C=O) groups excluding carboxylic acids is 1. The molecule has 8 heteroatoms. The smallest absolute Gasteiger partial charge is 0.263 e. The van der Waals surface area contributed by atoms with Gasteiger partial charge in [0.1, 0.15) is 16.7 Å². The second kappa shape index (κ2) is 7.02. The number of halogens is 2. The first-order chi connectivity index (χ1) is 12.3. The Hall–Kier alpha value is -1.89.